The van der Waals surface area contributed by atoms with E-state index in [2.05, 4.69) is 10.1 Å². The van der Waals surface area contributed by atoms with Gasteiger partial charge in [-0.15, -0.1) is 0 Å². The Hall–Kier alpha value is -2.97. The molecule has 0 amide bonds. The number of aromatic nitrogens is 3. The summed E-state index contributed by atoms with van der Waals surface area (Å²) in [6, 6.07) is 4.77. The number of ether oxygens (including phenoxy) is 1. The minimum atomic E-state index is -1.48. The van der Waals surface area contributed by atoms with E-state index >= 15 is 0 Å². The Balaban J connectivity index is 2.47. The molecule has 0 unspecified atom stereocenters. The molecule has 0 saturated heterocycles. The molecule has 104 valence electrons. The largest absolute Gasteiger partial charge is 0.478 e. The molecular formula is C11H10N4O5. The molecule has 20 heavy (non-hydrogen) atoms. The highest BCUT2D eigenvalue weighted by atomic mass is 16.6. The molecule has 2 aromatic heterocycles. The molecule has 0 spiro atoms. The molecule has 0 aromatic carbocycles. The fraction of sp³-hybridized carbons (Fsp3) is 0.182. The highest BCUT2D eigenvalue weighted by Crippen LogP contribution is 2.19. The second-order valence-electron chi connectivity index (χ2n) is 3.64. The summed E-state index contributed by atoms with van der Waals surface area (Å²) < 4.78 is 6.23. The number of hydrogen-bond acceptors (Lipinski definition) is 6. The average molecular weight is 278 g/mol. The van der Waals surface area contributed by atoms with Crippen molar-refractivity contribution in [2.45, 2.75) is 6.92 Å². The minimum absolute atomic E-state index is 0.228. The van der Waals surface area contributed by atoms with Crippen molar-refractivity contribution in [1.82, 2.24) is 14.8 Å². The van der Waals surface area contributed by atoms with Crippen LogP contribution in [-0.4, -0.2) is 37.4 Å². The molecule has 0 fully saturated rings. The zero-order chi connectivity index (χ0) is 14.7. The average Bonchev–Trinajstić information content (AvgIpc) is 2.85. The van der Waals surface area contributed by atoms with Gasteiger partial charge in [-0.3, -0.25) is 10.1 Å². The zero-order valence-electron chi connectivity index (χ0n) is 10.4. The van der Waals surface area contributed by atoms with Gasteiger partial charge in [0, 0.05) is 6.07 Å². The fourth-order valence-corrected chi connectivity index (χ4v) is 1.53. The topological polar surface area (TPSA) is 120 Å². The number of carbonyl (C=O) groups is 1. The van der Waals surface area contributed by atoms with E-state index in [9.17, 15) is 14.9 Å². The third kappa shape index (κ3) is 2.55. The molecule has 9 heteroatoms. The van der Waals surface area contributed by atoms with E-state index in [1.54, 1.807) is 19.1 Å². The van der Waals surface area contributed by atoms with Crippen LogP contribution in [-0.2, 0) is 0 Å². The van der Waals surface area contributed by atoms with Crippen molar-refractivity contribution in [2.75, 3.05) is 6.61 Å². The first kappa shape index (κ1) is 13.5. The Morgan fingerprint density at radius 1 is 1.55 bits per heavy atom. The van der Waals surface area contributed by atoms with E-state index in [1.165, 1.54) is 6.07 Å². The predicted molar refractivity (Wildman–Crippen MR) is 66.1 cm³/mol. The third-order valence-corrected chi connectivity index (χ3v) is 2.33. The maximum atomic E-state index is 10.9. The number of nitro groups is 1. The summed E-state index contributed by atoms with van der Waals surface area (Å²) in [4.78, 5) is 25.0. The monoisotopic (exact) mass is 278 g/mol. The summed E-state index contributed by atoms with van der Waals surface area (Å²) in [5.74, 6) is -0.928. The van der Waals surface area contributed by atoms with E-state index in [0.717, 1.165) is 10.9 Å². The van der Waals surface area contributed by atoms with Gasteiger partial charge in [0.05, 0.1) is 11.5 Å². The number of aromatic carboxylic acids is 1. The van der Waals surface area contributed by atoms with E-state index in [1.807, 2.05) is 0 Å². The molecule has 0 bridgehead atoms. The van der Waals surface area contributed by atoms with Gasteiger partial charge in [-0.1, -0.05) is 6.07 Å². The molecule has 2 aromatic rings. The number of nitrogens with zero attached hydrogens (tertiary/aromatic N) is 4. The van der Waals surface area contributed by atoms with Crippen LogP contribution in [0.15, 0.2) is 24.4 Å². The van der Waals surface area contributed by atoms with Gasteiger partial charge >= 0.3 is 11.7 Å². The zero-order valence-corrected chi connectivity index (χ0v) is 10.4. The highest BCUT2D eigenvalue weighted by molar-refractivity contribution is 5.89. The van der Waals surface area contributed by atoms with Crippen LogP contribution in [0, 0.1) is 10.1 Å². The van der Waals surface area contributed by atoms with Crippen molar-refractivity contribution in [3.8, 4) is 11.7 Å². The van der Waals surface area contributed by atoms with E-state index in [-0.39, 0.29) is 5.82 Å². The molecule has 0 aliphatic carbocycles. The molecule has 2 heterocycles. The van der Waals surface area contributed by atoms with E-state index in [0.29, 0.717) is 12.5 Å². The van der Waals surface area contributed by atoms with Crippen LogP contribution in [0.1, 0.15) is 17.4 Å². The van der Waals surface area contributed by atoms with Crippen LogP contribution in [0.3, 0.4) is 0 Å². The Labute approximate surface area is 112 Å². The molecule has 0 radical (unpaired) electrons. The van der Waals surface area contributed by atoms with Gasteiger partial charge in [-0.25, -0.2) is 9.48 Å². The van der Waals surface area contributed by atoms with Gasteiger partial charge in [-0.2, -0.15) is 10.1 Å². The van der Waals surface area contributed by atoms with Gasteiger partial charge in [0.2, 0.25) is 11.6 Å². The Morgan fingerprint density at radius 3 is 2.85 bits per heavy atom. The summed E-state index contributed by atoms with van der Waals surface area (Å²) >= 11 is 0. The standard InChI is InChI=1S/C11H10N4O5/c1-2-20-9-5-3-4-8(12-9)14-6-7(15(18)19)10(13-14)11(16)17/h3-6H,2H2,1H3,(H,16,17). The lowest BCUT2D eigenvalue weighted by molar-refractivity contribution is -0.385. The van der Waals surface area contributed by atoms with Gasteiger partial charge in [-0.05, 0) is 13.0 Å². The second kappa shape index (κ2) is 5.34. The van der Waals surface area contributed by atoms with Crippen LogP contribution in [0.2, 0.25) is 0 Å². The van der Waals surface area contributed by atoms with Crippen molar-refractivity contribution in [3.05, 3.63) is 40.2 Å². The molecule has 0 aliphatic heterocycles. The molecule has 2 rings (SSSR count). The van der Waals surface area contributed by atoms with Crippen LogP contribution in [0.25, 0.3) is 5.82 Å². The Kier molecular flexibility index (Phi) is 3.60. The lowest BCUT2D eigenvalue weighted by Crippen LogP contribution is -2.04. The first-order valence-corrected chi connectivity index (χ1v) is 5.60. The number of carboxylic acids is 1. The summed E-state index contributed by atoms with van der Waals surface area (Å²) in [6.45, 7) is 2.20. The molecule has 0 atom stereocenters. The lowest BCUT2D eigenvalue weighted by Gasteiger charge is -2.04. The number of rotatable bonds is 5. The second-order valence-corrected chi connectivity index (χ2v) is 3.64. The van der Waals surface area contributed by atoms with E-state index < -0.39 is 22.3 Å². The quantitative estimate of drug-likeness (QED) is 0.645. The van der Waals surface area contributed by atoms with Crippen LogP contribution in [0.4, 0.5) is 5.69 Å². The van der Waals surface area contributed by atoms with E-state index in [4.69, 9.17) is 9.84 Å². The molecule has 0 aliphatic rings. The SMILES string of the molecule is CCOc1cccc(-n2cc([N+](=O)[O-])c(C(=O)O)n2)n1. The van der Waals surface area contributed by atoms with Crippen LogP contribution < -0.4 is 4.74 Å². The van der Waals surface area contributed by atoms with Crippen molar-refractivity contribution < 1.29 is 19.6 Å². The number of pyridine rings is 1. The van der Waals surface area contributed by atoms with Crippen molar-refractivity contribution in [2.24, 2.45) is 0 Å². The van der Waals surface area contributed by atoms with Gasteiger partial charge in [0.1, 0.15) is 6.20 Å². The number of hydrogen-bond donors (Lipinski definition) is 1. The highest BCUT2D eigenvalue weighted by Gasteiger charge is 2.25. The van der Waals surface area contributed by atoms with Crippen molar-refractivity contribution in [3.63, 3.8) is 0 Å². The molecule has 0 saturated carbocycles. The Bertz CT molecular complexity index is 635. The predicted octanol–water partition coefficient (Wildman–Crippen LogP) is 1.27. The summed E-state index contributed by atoms with van der Waals surface area (Å²) in [5.41, 5.74) is -1.24. The summed E-state index contributed by atoms with van der Waals surface area (Å²) in [7, 11) is 0. The first-order chi connectivity index (χ1) is 9.52. The summed E-state index contributed by atoms with van der Waals surface area (Å²) in [5, 5.41) is 23.3. The number of carboxylic acid groups (broad SMARTS) is 1. The van der Waals surface area contributed by atoms with Gasteiger partial charge < -0.3 is 9.84 Å². The lowest BCUT2D eigenvalue weighted by atomic mass is 10.4. The van der Waals surface area contributed by atoms with Crippen molar-refractivity contribution in [1.29, 1.82) is 0 Å². The maximum Gasteiger partial charge on any atom is 0.363 e. The van der Waals surface area contributed by atoms with Crippen LogP contribution >= 0.6 is 0 Å². The van der Waals surface area contributed by atoms with Gasteiger partial charge in [0.25, 0.3) is 0 Å². The first-order valence-electron chi connectivity index (χ1n) is 5.60. The smallest absolute Gasteiger partial charge is 0.363 e. The van der Waals surface area contributed by atoms with Crippen LogP contribution in [0.5, 0.6) is 5.88 Å². The summed E-state index contributed by atoms with van der Waals surface area (Å²) in [6.07, 6.45) is 1.00. The third-order valence-electron chi connectivity index (χ3n) is 2.33. The Morgan fingerprint density at radius 2 is 2.30 bits per heavy atom. The maximum absolute atomic E-state index is 10.9. The normalized spacial score (nSPS) is 10.2. The minimum Gasteiger partial charge on any atom is -0.478 e. The van der Waals surface area contributed by atoms with Crippen molar-refractivity contribution >= 4 is 11.7 Å². The molecule has 1 N–H and O–H groups in total. The van der Waals surface area contributed by atoms with Gasteiger partial charge in [0.15, 0.2) is 5.82 Å². The molecule has 9 nitrogen and oxygen atoms in total. The fourth-order valence-electron chi connectivity index (χ4n) is 1.53. The molecular weight excluding hydrogens is 268 g/mol.